The van der Waals surface area contributed by atoms with Crippen molar-refractivity contribution in [2.45, 2.75) is 51.1 Å². The van der Waals surface area contributed by atoms with Gasteiger partial charge in [-0.05, 0) is 80.9 Å². The number of ether oxygens (including phenoxy) is 1. The molecule has 2 unspecified atom stereocenters. The number of aromatic nitrogens is 4. The first-order chi connectivity index (χ1) is 22.2. The molecule has 9 nitrogen and oxygen atoms in total. The summed E-state index contributed by atoms with van der Waals surface area (Å²) in [5, 5.41) is 27.3. The topological polar surface area (TPSA) is 99.3 Å². The number of anilines is 1. The lowest BCUT2D eigenvalue weighted by molar-refractivity contribution is 0.0287. The van der Waals surface area contributed by atoms with Gasteiger partial charge in [0, 0.05) is 31.6 Å². The summed E-state index contributed by atoms with van der Waals surface area (Å²) in [7, 11) is 3.41. The summed E-state index contributed by atoms with van der Waals surface area (Å²) in [6.07, 6.45) is 2.62. The van der Waals surface area contributed by atoms with Crippen LogP contribution in [0, 0.1) is 17.0 Å². The Bertz CT molecular complexity index is 2050. The van der Waals surface area contributed by atoms with E-state index in [4.69, 9.17) is 4.74 Å². The van der Waals surface area contributed by atoms with Gasteiger partial charge in [-0.3, -0.25) is 0 Å². The van der Waals surface area contributed by atoms with Gasteiger partial charge < -0.3 is 24.7 Å². The highest BCUT2D eigenvalue weighted by atomic mass is 19.3. The molecule has 1 aliphatic carbocycles. The van der Waals surface area contributed by atoms with E-state index in [9.17, 15) is 19.0 Å². The van der Waals surface area contributed by atoms with Crippen LogP contribution < -0.4 is 9.64 Å². The zero-order chi connectivity index (χ0) is 33.5. The molecule has 2 atom stereocenters. The molecular formula is C34H36F4N6O3. The van der Waals surface area contributed by atoms with E-state index < -0.39 is 28.6 Å². The van der Waals surface area contributed by atoms with Gasteiger partial charge in [0.1, 0.15) is 35.2 Å². The van der Waals surface area contributed by atoms with Gasteiger partial charge in [-0.2, -0.15) is 15.1 Å². The molecule has 1 aliphatic heterocycles. The van der Waals surface area contributed by atoms with Gasteiger partial charge in [0.25, 0.3) is 5.92 Å². The minimum absolute atomic E-state index is 0.0715. The first-order valence-electron chi connectivity index (χ1n) is 15.7. The predicted molar refractivity (Wildman–Crippen MR) is 170 cm³/mol. The number of aliphatic hydroxyl groups is 1. The van der Waals surface area contributed by atoms with E-state index in [1.54, 1.807) is 38.9 Å². The number of benzene rings is 2. The fraction of sp³-hybridized carbons (Fsp3) is 0.441. The van der Waals surface area contributed by atoms with Crippen LogP contribution in [-0.4, -0.2) is 86.6 Å². The predicted octanol–water partition coefficient (Wildman–Crippen LogP) is 5.96. The third kappa shape index (κ3) is 5.20. The van der Waals surface area contributed by atoms with Crippen molar-refractivity contribution in [3.05, 3.63) is 53.7 Å². The number of fused-ring (bicyclic) bond motifs is 4. The molecule has 47 heavy (non-hydrogen) atoms. The molecule has 1 saturated heterocycles. The monoisotopic (exact) mass is 652 g/mol. The van der Waals surface area contributed by atoms with Crippen LogP contribution in [0.5, 0.6) is 11.8 Å². The van der Waals surface area contributed by atoms with E-state index >= 15 is 8.78 Å². The van der Waals surface area contributed by atoms with Crippen LogP contribution in [0.2, 0.25) is 0 Å². The molecule has 0 radical (unpaired) electrons. The first kappa shape index (κ1) is 31.4. The lowest BCUT2D eigenvalue weighted by Gasteiger charge is -2.38. The molecule has 2 N–H and O–H groups in total. The molecule has 2 fully saturated rings. The standard InChI is InChI=1S/C34H36F4N6O3/c1-5-21-23(35)8-7-19-13-20(45)14-22(25(19)21)29-27(36)28-26(24-9-11-39-44(24)29)30(43-12-6-10-32(2,46)16-43)41-31(40-28)47-18-33(17-42(3)4)15-34(33,37)38/h7-9,11,13-14,45-46H,5-6,10,12,15-18H2,1-4H3. The summed E-state index contributed by atoms with van der Waals surface area (Å²) in [5.74, 6) is -4.13. The Morgan fingerprint density at radius 3 is 2.53 bits per heavy atom. The van der Waals surface area contributed by atoms with E-state index in [0.717, 1.165) is 0 Å². The van der Waals surface area contributed by atoms with E-state index in [0.29, 0.717) is 53.0 Å². The summed E-state index contributed by atoms with van der Waals surface area (Å²) in [5.41, 5.74) is -1.76. The van der Waals surface area contributed by atoms with E-state index in [1.807, 2.05) is 4.90 Å². The molecule has 3 aromatic heterocycles. The molecule has 2 aromatic carbocycles. The van der Waals surface area contributed by atoms with Crippen molar-refractivity contribution in [2.75, 3.05) is 45.2 Å². The molecule has 13 heteroatoms. The highest BCUT2D eigenvalue weighted by molar-refractivity contribution is 6.07. The molecule has 0 spiro atoms. The van der Waals surface area contributed by atoms with Crippen LogP contribution in [0.3, 0.4) is 0 Å². The molecule has 0 bridgehead atoms. The average molecular weight is 653 g/mol. The molecule has 1 saturated carbocycles. The Morgan fingerprint density at radius 1 is 1.09 bits per heavy atom. The maximum Gasteiger partial charge on any atom is 0.319 e. The van der Waals surface area contributed by atoms with Gasteiger partial charge >= 0.3 is 6.01 Å². The van der Waals surface area contributed by atoms with Crippen LogP contribution in [0.4, 0.5) is 23.4 Å². The number of alkyl halides is 2. The van der Waals surface area contributed by atoms with Crippen molar-refractivity contribution < 1.29 is 32.5 Å². The number of β-amino-alcohol motifs (C(OH)–C–C–N with tert-alkyl or cyclic N) is 1. The number of halogens is 4. The molecule has 5 aromatic rings. The number of rotatable bonds is 8. The van der Waals surface area contributed by atoms with Crippen LogP contribution in [0.15, 0.2) is 36.5 Å². The maximum absolute atomic E-state index is 17.2. The Balaban J connectivity index is 1.49. The van der Waals surface area contributed by atoms with Gasteiger partial charge in [-0.15, -0.1) is 0 Å². The second-order valence-electron chi connectivity index (χ2n) is 13.5. The maximum atomic E-state index is 17.2. The summed E-state index contributed by atoms with van der Waals surface area (Å²) in [4.78, 5) is 12.6. The fourth-order valence-corrected chi connectivity index (χ4v) is 7.22. The lowest BCUT2D eigenvalue weighted by Crippen LogP contribution is -2.46. The minimum atomic E-state index is -2.94. The fourth-order valence-electron chi connectivity index (χ4n) is 7.22. The third-order valence-corrected chi connectivity index (χ3v) is 9.44. The number of aryl methyl sites for hydroxylation is 1. The quantitative estimate of drug-likeness (QED) is 0.198. The van der Waals surface area contributed by atoms with E-state index in [2.05, 4.69) is 15.1 Å². The molecule has 0 amide bonds. The average Bonchev–Trinajstić information content (AvgIpc) is 3.28. The number of nitrogens with zero attached hydrogens (tertiary/aromatic N) is 6. The molecule has 7 rings (SSSR count). The number of pyridine rings is 1. The summed E-state index contributed by atoms with van der Waals surface area (Å²) >= 11 is 0. The van der Waals surface area contributed by atoms with Crippen molar-refractivity contribution in [3.63, 3.8) is 0 Å². The zero-order valence-electron chi connectivity index (χ0n) is 26.6. The van der Waals surface area contributed by atoms with Crippen molar-refractivity contribution in [1.82, 2.24) is 24.5 Å². The van der Waals surface area contributed by atoms with Crippen LogP contribution in [-0.2, 0) is 6.42 Å². The number of phenols is 1. The SMILES string of the molecule is CCc1c(F)ccc2cc(O)cc(-c3c(F)c4nc(OCC5(CN(C)C)CC5(F)F)nc(N5CCCC(C)(O)C5)c4c4ccnn34)c12. The minimum Gasteiger partial charge on any atom is -0.508 e. The van der Waals surface area contributed by atoms with Gasteiger partial charge in [0.15, 0.2) is 5.82 Å². The largest absolute Gasteiger partial charge is 0.508 e. The summed E-state index contributed by atoms with van der Waals surface area (Å²) in [6, 6.07) is 7.08. The van der Waals surface area contributed by atoms with E-state index in [-0.39, 0.29) is 60.5 Å². The Labute approximate surface area is 268 Å². The third-order valence-electron chi connectivity index (χ3n) is 9.44. The van der Waals surface area contributed by atoms with E-state index in [1.165, 1.54) is 35.0 Å². The number of hydrogen-bond acceptors (Lipinski definition) is 8. The van der Waals surface area contributed by atoms with Crippen LogP contribution >= 0.6 is 0 Å². The Morgan fingerprint density at radius 2 is 1.85 bits per heavy atom. The van der Waals surface area contributed by atoms with Gasteiger partial charge in [-0.25, -0.2) is 22.1 Å². The van der Waals surface area contributed by atoms with Crippen LogP contribution in [0.1, 0.15) is 38.7 Å². The van der Waals surface area contributed by atoms with Gasteiger partial charge in [-0.1, -0.05) is 13.0 Å². The highest BCUT2D eigenvalue weighted by Gasteiger charge is 2.71. The normalized spacial score (nSPS) is 22.6. The first-order valence-corrected chi connectivity index (χ1v) is 15.7. The van der Waals surface area contributed by atoms with Crippen molar-refractivity contribution in [3.8, 4) is 23.0 Å². The molecule has 4 heterocycles. The van der Waals surface area contributed by atoms with Gasteiger partial charge in [0.05, 0.1) is 28.1 Å². The number of phenolic OH excluding ortho intramolecular Hbond substituents is 1. The van der Waals surface area contributed by atoms with Crippen molar-refractivity contribution >= 4 is 33.0 Å². The lowest BCUT2D eigenvalue weighted by atomic mass is 9.94. The second-order valence-corrected chi connectivity index (χ2v) is 13.5. The zero-order valence-corrected chi connectivity index (χ0v) is 26.6. The molecular weight excluding hydrogens is 616 g/mol. The number of aromatic hydroxyl groups is 1. The second kappa shape index (κ2) is 10.9. The Kier molecular flexibility index (Phi) is 7.28. The molecule has 248 valence electrons. The highest BCUT2D eigenvalue weighted by Crippen LogP contribution is 2.60. The Hall–Kier alpha value is -4.23. The smallest absolute Gasteiger partial charge is 0.319 e. The number of hydrogen-bond donors (Lipinski definition) is 2. The van der Waals surface area contributed by atoms with Crippen LogP contribution in [0.25, 0.3) is 38.4 Å². The van der Waals surface area contributed by atoms with Crippen molar-refractivity contribution in [2.24, 2.45) is 5.41 Å². The molecule has 2 aliphatic rings. The van der Waals surface area contributed by atoms with Crippen molar-refractivity contribution in [1.29, 1.82) is 0 Å². The summed E-state index contributed by atoms with van der Waals surface area (Å²) < 4.78 is 68.9. The summed E-state index contributed by atoms with van der Waals surface area (Å²) in [6.45, 7) is 3.86. The number of piperidine rings is 1. The van der Waals surface area contributed by atoms with Gasteiger partial charge in [0.2, 0.25) is 0 Å².